The van der Waals surface area contributed by atoms with Crippen LogP contribution in [0.1, 0.15) is 31.9 Å². The van der Waals surface area contributed by atoms with Crippen LogP contribution in [-0.2, 0) is 5.60 Å². The summed E-state index contributed by atoms with van der Waals surface area (Å²) < 4.78 is 5.16. The number of furan rings is 1. The van der Waals surface area contributed by atoms with E-state index in [-0.39, 0.29) is 12.6 Å². The van der Waals surface area contributed by atoms with Crippen molar-refractivity contribution in [2.45, 2.75) is 31.8 Å². The Morgan fingerprint density at radius 1 is 1.50 bits per heavy atom. The minimum absolute atomic E-state index is 0.108. The molecule has 0 fully saturated rings. The van der Waals surface area contributed by atoms with E-state index in [1.807, 2.05) is 0 Å². The topological polar surface area (TPSA) is 74.5 Å². The maximum atomic E-state index is 11.7. The zero-order chi connectivity index (χ0) is 14.4. The molecule has 1 aliphatic carbocycles. The summed E-state index contributed by atoms with van der Waals surface area (Å²) in [7, 11) is 0. The number of hydrogen-bond acceptors (Lipinski definition) is 3. The second-order valence-electron chi connectivity index (χ2n) is 5.47. The molecule has 20 heavy (non-hydrogen) atoms. The predicted molar refractivity (Wildman–Crippen MR) is 76.2 cm³/mol. The molecule has 0 spiro atoms. The van der Waals surface area contributed by atoms with Gasteiger partial charge in [-0.3, -0.25) is 0 Å². The molecule has 1 heterocycles. The zero-order valence-corrected chi connectivity index (χ0v) is 11.8. The van der Waals surface area contributed by atoms with E-state index in [0.717, 1.165) is 19.3 Å². The van der Waals surface area contributed by atoms with Crippen molar-refractivity contribution in [1.29, 1.82) is 0 Å². The first kappa shape index (κ1) is 14.7. The Hall–Kier alpha value is -1.75. The number of allylic oxidation sites excluding steroid dienone is 2. The van der Waals surface area contributed by atoms with Crippen LogP contribution in [0.2, 0.25) is 0 Å². The fourth-order valence-corrected chi connectivity index (χ4v) is 2.27. The van der Waals surface area contributed by atoms with Gasteiger partial charge in [0.2, 0.25) is 0 Å². The van der Waals surface area contributed by atoms with Gasteiger partial charge in [0.05, 0.1) is 12.8 Å². The standard InChI is InChI=1S/C15H22N2O3/c1-15(19,13-8-5-9-20-13)11-17-14(18)16-10-12-6-3-2-4-7-12/h2-3,5,8-9,12,19H,4,6-7,10-11H2,1H3,(H2,16,17,18)/t12-,15-/m0/s1. The molecule has 0 saturated heterocycles. The van der Waals surface area contributed by atoms with Crippen LogP contribution < -0.4 is 10.6 Å². The van der Waals surface area contributed by atoms with Gasteiger partial charge in [-0.05, 0) is 44.2 Å². The molecule has 0 aromatic carbocycles. The fraction of sp³-hybridized carbons (Fsp3) is 0.533. The zero-order valence-electron chi connectivity index (χ0n) is 11.8. The van der Waals surface area contributed by atoms with E-state index in [4.69, 9.17) is 4.42 Å². The normalized spacial score (nSPS) is 21.2. The van der Waals surface area contributed by atoms with Crippen molar-refractivity contribution >= 4 is 6.03 Å². The van der Waals surface area contributed by atoms with Gasteiger partial charge in [-0.15, -0.1) is 0 Å². The maximum absolute atomic E-state index is 11.7. The maximum Gasteiger partial charge on any atom is 0.314 e. The second-order valence-corrected chi connectivity index (χ2v) is 5.47. The van der Waals surface area contributed by atoms with Gasteiger partial charge in [-0.1, -0.05) is 12.2 Å². The fourth-order valence-electron chi connectivity index (χ4n) is 2.27. The molecule has 110 valence electrons. The highest BCUT2D eigenvalue weighted by atomic mass is 16.4. The Balaban J connectivity index is 1.71. The van der Waals surface area contributed by atoms with Crippen LogP contribution in [0.25, 0.3) is 0 Å². The lowest BCUT2D eigenvalue weighted by molar-refractivity contribution is 0.0367. The van der Waals surface area contributed by atoms with Gasteiger partial charge < -0.3 is 20.2 Å². The van der Waals surface area contributed by atoms with Crippen molar-refractivity contribution < 1.29 is 14.3 Å². The van der Waals surface area contributed by atoms with E-state index < -0.39 is 5.60 Å². The Labute approximate surface area is 119 Å². The summed E-state index contributed by atoms with van der Waals surface area (Å²) in [5.41, 5.74) is -1.20. The summed E-state index contributed by atoms with van der Waals surface area (Å²) in [6, 6.07) is 3.14. The number of urea groups is 1. The monoisotopic (exact) mass is 278 g/mol. The molecule has 5 nitrogen and oxygen atoms in total. The molecule has 2 atom stereocenters. The molecule has 0 saturated carbocycles. The van der Waals surface area contributed by atoms with Gasteiger partial charge in [-0.2, -0.15) is 0 Å². The smallest absolute Gasteiger partial charge is 0.314 e. The van der Waals surface area contributed by atoms with E-state index >= 15 is 0 Å². The number of rotatable bonds is 5. The molecule has 2 amide bonds. The summed E-state index contributed by atoms with van der Waals surface area (Å²) in [5, 5.41) is 15.7. The summed E-state index contributed by atoms with van der Waals surface area (Å²) >= 11 is 0. The van der Waals surface area contributed by atoms with Gasteiger partial charge in [0.15, 0.2) is 0 Å². The summed E-state index contributed by atoms with van der Waals surface area (Å²) in [5.74, 6) is 0.951. The molecule has 5 heteroatoms. The number of hydrogen-bond donors (Lipinski definition) is 3. The van der Waals surface area contributed by atoms with Crippen LogP contribution in [0.3, 0.4) is 0 Å². The van der Waals surface area contributed by atoms with Crippen LogP contribution in [0.15, 0.2) is 35.0 Å². The molecule has 1 aliphatic rings. The van der Waals surface area contributed by atoms with Crippen molar-refractivity contribution in [3.05, 3.63) is 36.3 Å². The third-order valence-corrected chi connectivity index (χ3v) is 3.57. The van der Waals surface area contributed by atoms with Gasteiger partial charge in [0.1, 0.15) is 11.4 Å². The van der Waals surface area contributed by atoms with Crippen molar-refractivity contribution in [2.24, 2.45) is 5.92 Å². The highest BCUT2D eigenvalue weighted by molar-refractivity contribution is 5.73. The van der Waals surface area contributed by atoms with Crippen molar-refractivity contribution in [1.82, 2.24) is 10.6 Å². The Bertz CT molecular complexity index is 452. The molecule has 0 unspecified atom stereocenters. The van der Waals surface area contributed by atoms with Crippen molar-refractivity contribution in [2.75, 3.05) is 13.1 Å². The van der Waals surface area contributed by atoms with Crippen LogP contribution in [0, 0.1) is 5.92 Å². The molecular formula is C15H22N2O3. The van der Waals surface area contributed by atoms with Crippen molar-refractivity contribution in [3.63, 3.8) is 0 Å². The van der Waals surface area contributed by atoms with Crippen LogP contribution in [0.4, 0.5) is 4.79 Å². The lowest BCUT2D eigenvalue weighted by atomic mass is 9.94. The average Bonchev–Trinajstić information content (AvgIpc) is 2.99. The number of carbonyl (C=O) groups excluding carboxylic acids is 1. The number of nitrogens with one attached hydrogen (secondary N) is 2. The largest absolute Gasteiger partial charge is 0.466 e. The first-order chi connectivity index (χ1) is 9.58. The van der Waals surface area contributed by atoms with Crippen LogP contribution >= 0.6 is 0 Å². The average molecular weight is 278 g/mol. The van der Waals surface area contributed by atoms with E-state index in [1.54, 1.807) is 19.1 Å². The minimum atomic E-state index is -1.20. The number of carbonyl (C=O) groups is 1. The Morgan fingerprint density at radius 3 is 3.00 bits per heavy atom. The minimum Gasteiger partial charge on any atom is -0.466 e. The third-order valence-electron chi connectivity index (χ3n) is 3.57. The SMILES string of the molecule is C[C@](O)(CNC(=O)NC[C@H]1CC=CCC1)c1ccco1. The molecular weight excluding hydrogens is 256 g/mol. The summed E-state index contributed by atoms with van der Waals surface area (Å²) in [6.45, 7) is 2.38. The lowest BCUT2D eigenvalue weighted by Crippen LogP contribution is -2.44. The summed E-state index contributed by atoms with van der Waals surface area (Å²) in [6.07, 6.45) is 9.06. The van der Waals surface area contributed by atoms with E-state index in [0.29, 0.717) is 18.2 Å². The Morgan fingerprint density at radius 2 is 2.35 bits per heavy atom. The lowest BCUT2D eigenvalue weighted by Gasteiger charge is -2.22. The number of amides is 2. The van der Waals surface area contributed by atoms with Gasteiger partial charge in [0.25, 0.3) is 0 Å². The molecule has 1 aromatic rings. The quantitative estimate of drug-likeness (QED) is 0.722. The van der Waals surface area contributed by atoms with E-state index in [1.165, 1.54) is 6.26 Å². The first-order valence-corrected chi connectivity index (χ1v) is 7.01. The first-order valence-electron chi connectivity index (χ1n) is 7.01. The van der Waals surface area contributed by atoms with Gasteiger partial charge in [0, 0.05) is 6.54 Å². The van der Waals surface area contributed by atoms with Crippen molar-refractivity contribution in [3.8, 4) is 0 Å². The molecule has 3 N–H and O–H groups in total. The predicted octanol–water partition coefficient (Wildman–Crippen LogP) is 2.14. The van der Waals surface area contributed by atoms with Crippen LogP contribution in [-0.4, -0.2) is 24.2 Å². The molecule has 1 aromatic heterocycles. The molecule has 0 bridgehead atoms. The number of aliphatic hydroxyl groups is 1. The Kier molecular flexibility index (Phi) is 4.84. The van der Waals surface area contributed by atoms with Crippen LogP contribution in [0.5, 0.6) is 0 Å². The molecule has 0 radical (unpaired) electrons. The second kappa shape index (κ2) is 6.61. The van der Waals surface area contributed by atoms with Gasteiger partial charge in [-0.25, -0.2) is 4.79 Å². The third kappa shape index (κ3) is 4.13. The van der Waals surface area contributed by atoms with E-state index in [9.17, 15) is 9.90 Å². The molecule has 2 rings (SSSR count). The highest BCUT2D eigenvalue weighted by Gasteiger charge is 2.26. The molecule has 0 aliphatic heterocycles. The van der Waals surface area contributed by atoms with Gasteiger partial charge >= 0.3 is 6.03 Å². The summed E-state index contributed by atoms with van der Waals surface area (Å²) in [4.78, 5) is 11.7. The highest BCUT2D eigenvalue weighted by Crippen LogP contribution is 2.20. The van der Waals surface area contributed by atoms with E-state index in [2.05, 4.69) is 22.8 Å².